The van der Waals surface area contributed by atoms with Crippen molar-refractivity contribution in [1.82, 2.24) is 9.88 Å². The van der Waals surface area contributed by atoms with E-state index in [0.29, 0.717) is 6.54 Å². The molecule has 0 radical (unpaired) electrons. The van der Waals surface area contributed by atoms with Crippen LogP contribution in [0.3, 0.4) is 0 Å². The average Bonchev–Trinajstić information content (AvgIpc) is 2.40. The van der Waals surface area contributed by atoms with Crippen molar-refractivity contribution in [3.63, 3.8) is 0 Å². The molecule has 1 fully saturated rings. The van der Waals surface area contributed by atoms with Crippen LogP contribution in [0.25, 0.3) is 0 Å². The lowest BCUT2D eigenvalue weighted by Crippen LogP contribution is -2.38. The number of likely N-dealkylation sites (tertiary alicyclic amines) is 1. The first-order valence-electron chi connectivity index (χ1n) is 6.58. The van der Waals surface area contributed by atoms with Crippen molar-refractivity contribution in [3.05, 3.63) is 29.6 Å². The third kappa shape index (κ3) is 3.29. The molecule has 1 N–H and O–H groups in total. The maximum atomic E-state index is 11.0. The van der Waals surface area contributed by atoms with Gasteiger partial charge in [-0.3, -0.25) is 14.7 Å². The number of rotatable bonds is 4. The first-order valence-corrected chi connectivity index (χ1v) is 6.58. The molecule has 1 aliphatic rings. The van der Waals surface area contributed by atoms with Crippen LogP contribution in [0.2, 0.25) is 0 Å². The van der Waals surface area contributed by atoms with Crippen LogP contribution in [0.1, 0.15) is 31.0 Å². The number of nitrogens with zero attached hydrogens (tertiary/aromatic N) is 2. The van der Waals surface area contributed by atoms with Gasteiger partial charge in [-0.15, -0.1) is 0 Å². The zero-order valence-corrected chi connectivity index (χ0v) is 10.8. The Balaban J connectivity index is 1.93. The fraction of sp³-hybridized carbons (Fsp3) is 0.571. The lowest BCUT2D eigenvalue weighted by Gasteiger charge is -2.30. The number of aryl methyl sites for hydroxylation is 1. The zero-order valence-electron chi connectivity index (χ0n) is 10.8. The van der Waals surface area contributed by atoms with E-state index in [9.17, 15) is 4.79 Å². The molecule has 2 heterocycles. The SMILES string of the molecule is CCc1ccc(CN2CCCC(C(=O)O)C2)nc1. The van der Waals surface area contributed by atoms with Crippen LogP contribution in [-0.2, 0) is 17.8 Å². The van der Waals surface area contributed by atoms with Gasteiger partial charge in [0.2, 0.25) is 0 Å². The van der Waals surface area contributed by atoms with E-state index in [2.05, 4.69) is 22.9 Å². The van der Waals surface area contributed by atoms with E-state index in [-0.39, 0.29) is 5.92 Å². The van der Waals surface area contributed by atoms with Gasteiger partial charge in [0.25, 0.3) is 0 Å². The molecule has 0 bridgehead atoms. The summed E-state index contributed by atoms with van der Waals surface area (Å²) in [5.41, 5.74) is 2.26. The Morgan fingerprint density at radius 3 is 3.00 bits per heavy atom. The van der Waals surface area contributed by atoms with Crippen molar-refractivity contribution in [2.75, 3.05) is 13.1 Å². The molecular weight excluding hydrogens is 228 g/mol. The van der Waals surface area contributed by atoms with Gasteiger partial charge in [-0.1, -0.05) is 13.0 Å². The number of hydrogen-bond donors (Lipinski definition) is 1. The molecule has 1 saturated heterocycles. The highest BCUT2D eigenvalue weighted by atomic mass is 16.4. The molecule has 1 atom stereocenters. The Morgan fingerprint density at radius 1 is 1.56 bits per heavy atom. The molecule has 0 amide bonds. The van der Waals surface area contributed by atoms with Crippen LogP contribution in [0, 0.1) is 5.92 Å². The van der Waals surface area contributed by atoms with Gasteiger partial charge in [0.05, 0.1) is 11.6 Å². The quantitative estimate of drug-likeness (QED) is 0.884. The molecule has 0 spiro atoms. The van der Waals surface area contributed by atoms with Gasteiger partial charge in [-0.25, -0.2) is 0 Å². The Kier molecular flexibility index (Phi) is 4.31. The minimum absolute atomic E-state index is 0.214. The van der Waals surface area contributed by atoms with Crippen molar-refractivity contribution >= 4 is 5.97 Å². The minimum Gasteiger partial charge on any atom is -0.481 e. The second kappa shape index (κ2) is 5.96. The summed E-state index contributed by atoms with van der Waals surface area (Å²) in [5.74, 6) is -0.886. The maximum Gasteiger partial charge on any atom is 0.307 e. The number of aromatic nitrogens is 1. The number of aliphatic carboxylic acids is 1. The Morgan fingerprint density at radius 2 is 2.39 bits per heavy atom. The van der Waals surface area contributed by atoms with Crippen LogP contribution < -0.4 is 0 Å². The molecule has 4 heteroatoms. The van der Waals surface area contributed by atoms with E-state index in [1.807, 2.05) is 12.3 Å². The van der Waals surface area contributed by atoms with Crippen LogP contribution in [0.4, 0.5) is 0 Å². The Hall–Kier alpha value is -1.42. The normalized spacial score (nSPS) is 20.8. The summed E-state index contributed by atoms with van der Waals surface area (Å²) in [6.45, 7) is 4.49. The number of carboxylic acid groups (broad SMARTS) is 1. The maximum absolute atomic E-state index is 11.0. The van der Waals surface area contributed by atoms with Gasteiger partial charge in [0, 0.05) is 19.3 Å². The second-order valence-corrected chi connectivity index (χ2v) is 4.92. The summed E-state index contributed by atoms with van der Waals surface area (Å²) in [6.07, 6.45) is 4.67. The predicted molar refractivity (Wildman–Crippen MR) is 69.3 cm³/mol. The third-order valence-corrected chi connectivity index (χ3v) is 3.53. The van der Waals surface area contributed by atoms with Crippen LogP contribution in [0.15, 0.2) is 18.3 Å². The molecule has 4 nitrogen and oxygen atoms in total. The second-order valence-electron chi connectivity index (χ2n) is 4.92. The van der Waals surface area contributed by atoms with Gasteiger partial charge in [-0.05, 0) is 37.4 Å². The summed E-state index contributed by atoms with van der Waals surface area (Å²) in [4.78, 5) is 17.6. The topological polar surface area (TPSA) is 53.4 Å². The first-order chi connectivity index (χ1) is 8.69. The van der Waals surface area contributed by atoms with Crippen molar-refractivity contribution < 1.29 is 9.90 Å². The summed E-state index contributed by atoms with van der Waals surface area (Å²) < 4.78 is 0. The molecule has 18 heavy (non-hydrogen) atoms. The molecular formula is C14H20N2O2. The molecule has 1 unspecified atom stereocenters. The number of hydrogen-bond acceptors (Lipinski definition) is 3. The minimum atomic E-state index is -0.672. The molecule has 0 saturated carbocycles. The van der Waals surface area contributed by atoms with E-state index < -0.39 is 5.97 Å². The molecule has 2 rings (SSSR count). The van der Waals surface area contributed by atoms with Crippen LogP contribution in [-0.4, -0.2) is 34.0 Å². The zero-order chi connectivity index (χ0) is 13.0. The van der Waals surface area contributed by atoms with Gasteiger partial charge in [-0.2, -0.15) is 0 Å². The molecule has 1 aromatic heterocycles. The standard InChI is InChI=1S/C14H20N2O2/c1-2-11-5-6-13(15-8-11)10-16-7-3-4-12(9-16)14(17)18/h5-6,8,12H,2-4,7,9-10H2,1H3,(H,17,18). The van der Waals surface area contributed by atoms with Crippen molar-refractivity contribution in [3.8, 4) is 0 Å². The van der Waals surface area contributed by atoms with Gasteiger partial charge < -0.3 is 5.11 Å². The average molecular weight is 248 g/mol. The molecule has 1 aliphatic heterocycles. The largest absolute Gasteiger partial charge is 0.481 e. The van der Waals surface area contributed by atoms with Crippen molar-refractivity contribution in [2.45, 2.75) is 32.7 Å². The van der Waals surface area contributed by atoms with Gasteiger partial charge >= 0.3 is 5.97 Å². The van der Waals surface area contributed by atoms with Crippen molar-refractivity contribution in [1.29, 1.82) is 0 Å². The lowest BCUT2D eigenvalue weighted by atomic mass is 9.98. The van der Waals surface area contributed by atoms with Crippen molar-refractivity contribution in [2.24, 2.45) is 5.92 Å². The Bertz CT molecular complexity index is 403. The fourth-order valence-corrected chi connectivity index (χ4v) is 2.39. The fourth-order valence-electron chi connectivity index (χ4n) is 2.39. The van der Waals surface area contributed by atoms with E-state index >= 15 is 0 Å². The predicted octanol–water partition coefficient (Wildman–Crippen LogP) is 1.94. The molecule has 1 aromatic rings. The van der Waals surface area contributed by atoms with E-state index in [0.717, 1.165) is 38.0 Å². The molecule has 98 valence electrons. The summed E-state index contributed by atoms with van der Waals surface area (Å²) in [5, 5.41) is 9.05. The van der Waals surface area contributed by atoms with Crippen LogP contribution >= 0.6 is 0 Å². The van der Waals surface area contributed by atoms with Crippen LogP contribution in [0.5, 0.6) is 0 Å². The monoisotopic (exact) mass is 248 g/mol. The van der Waals surface area contributed by atoms with E-state index in [1.54, 1.807) is 0 Å². The first kappa shape index (κ1) is 13.0. The van der Waals surface area contributed by atoms with Gasteiger partial charge in [0.1, 0.15) is 0 Å². The van der Waals surface area contributed by atoms with E-state index in [1.165, 1.54) is 5.56 Å². The highest BCUT2D eigenvalue weighted by Gasteiger charge is 2.25. The number of piperidine rings is 1. The number of carboxylic acids is 1. The summed E-state index contributed by atoms with van der Waals surface area (Å²) >= 11 is 0. The Labute approximate surface area is 108 Å². The third-order valence-electron chi connectivity index (χ3n) is 3.53. The molecule has 0 aliphatic carbocycles. The summed E-state index contributed by atoms with van der Waals surface area (Å²) in [6, 6.07) is 4.14. The smallest absolute Gasteiger partial charge is 0.307 e. The summed E-state index contributed by atoms with van der Waals surface area (Å²) in [7, 11) is 0. The van der Waals surface area contributed by atoms with E-state index in [4.69, 9.17) is 5.11 Å². The highest BCUT2D eigenvalue weighted by molar-refractivity contribution is 5.70. The highest BCUT2D eigenvalue weighted by Crippen LogP contribution is 2.18. The number of carbonyl (C=O) groups is 1. The lowest BCUT2D eigenvalue weighted by molar-refractivity contribution is -0.143. The number of pyridine rings is 1. The molecule has 0 aromatic carbocycles. The van der Waals surface area contributed by atoms with Gasteiger partial charge in [0.15, 0.2) is 0 Å².